The Morgan fingerprint density at radius 3 is 1.96 bits per heavy atom. The van der Waals surface area contributed by atoms with Gasteiger partial charge in [-0.1, -0.05) is 72.8 Å². The molecule has 0 aliphatic rings. The van der Waals surface area contributed by atoms with E-state index in [0.717, 1.165) is 33.1 Å². The zero-order valence-corrected chi connectivity index (χ0v) is 15.2. The van der Waals surface area contributed by atoms with Crippen molar-refractivity contribution in [3.05, 3.63) is 97.1 Å². The van der Waals surface area contributed by atoms with Gasteiger partial charge >= 0.3 is 7.12 Å². The second-order valence-electron chi connectivity index (χ2n) is 6.92. The molecule has 134 valence electrons. The lowest BCUT2D eigenvalue weighted by Crippen LogP contribution is -2.29. The Labute approximate surface area is 163 Å². The molecule has 0 unspecified atom stereocenters. The van der Waals surface area contributed by atoms with E-state index in [-0.39, 0.29) is 0 Å². The van der Waals surface area contributed by atoms with Crippen molar-refractivity contribution in [2.75, 3.05) is 0 Å². The van der Waals surface area contributed by atoms with Gasteiger partial charge in [-0.3, -0.25) is 0 Å². The lowest BCUT2D eigenvalue weighted by molar-refractivity contribution is 0.426. The summed E-state index contributed by atoms with van der Waals surface area (Å²) in [5.41, 5.74) is 5.92. The van der Waals surface area contributed by atoms with Gasteiger partial charge in [0.2, 0.25) is 0 Å². The van der Waals surface area contributed by atoms with Crippen LogP contribution in [0.4, 0.5) is 0 Å². The van der Waals surface area contributed by atoms with Crippen LogP contribution in [0.1, 0.15) is 0 Å². The number of hydrogen-bond acceptors (Lipinski definition) is 2. The first-order valence-corrected chi connectivity index (χ1v) is 9.27. The summed E-state index contributed by atoms with van der Waals surface area (Å²) in [4.78, 5) is 0. The van der Waals surface area contributed by atoms with Crippen molar-refractivity contribution in [2.45, 2.75) is 0 Å². The monoisotopic (exact) mass is 363 g/mol. The normalized spacial score (nSPS) is 11.2. The Hall–Kier alpha value is -3.34. The number of hydrogen-bond donors (Lipinski definition) is 2. The van der Waals surface area contributed by atoms with Crippen LogP contribution in [0.3, 0.4) is 0 Å². The van der Waals surface area contributed by atoms with Crippen LogP contribution in [0.5, 0.6) is 0 Å². The first kappa shape index (κ1) is 16.8. The average Bonchev–Trinajstić information content (AvgIpc) is 3.08. The summed E-state index contributed by atoms with van der Waals surface area (Å²) in [6.45, 7) is 0. The lowest BCUT2D eigenvalue weighted by Gasteiger charge is -2.10. The number of nitrogens with zero attached hydrogens (tertiary/aromatic N) is 1. The smallest absolute Gasteiger partial charge is 0.423 e. The van der Waals surface area contributed by atoms with E-state index in [9.17, 15) is 10.0 Å². The van der Waals surface area contributed by atoms with Crippen LogP contribution in [-0.4, -0.2) is 21.7 Å². The van der Waals surface area contributed by atoms with Gasteiger partial charge in [0.15, 0.2) is 0 Å². The fraction of sp³-hybridized carbons (Fsp3) is 0. The molecule has 0 radical (unpaired) electrons. The molecule has 0 saturated heterocycles. The van der Waals surface area contributed by atoms with E-state index in [0.29, 0.717) is 5.46 Å². The number of para-hydroxylation sites is 1. The molecule has 4 aromatic carbocycles. The molecule has 1 aromatic heterocycles. The van der Waals surface area contributed by atoms with Gasteiger partial charge in [-0.05, 0) is 40.9 Å². The molecule has 0 atom stereocenters. The van der Waals surface area contributed by atoms with E-state index in [1.807, 2.05) is 42.5 Å². The Balaban J connectivity index is 1.73. The minimum Gasteiger partial charge on any atom is -0.423 e. The Bertz CT molecular complexity index is 1280. The van der Waals surface area contributed by atoms with Crippen LogP contribution in [-0.2, 0) is 0 Å². The van der Waals surface area contributed by atoms with Gasteiger partial charge in [0.25, 0.3) is 0 Å². The van der Waals surface area contributed by atoms with Crippen molar-refractivity contribution in [1.82, 2.24) is 4.57 Å². The number of aromatic nitrogens is 1. The van der Waals surface area contributed by atoms with E-state index >= 15 is 0 Å². The summed E-state index contributed by atoms with van der Waals surface area (Å²) < 4.78 is 2.17. The third kappa shape index (κ3) is 2.71. The average molecular weight is 363 g/mol. The number of benzene rings is 4. The molecule has 5 rings (SSSR count). The summed E-state index contributed by atoms with van der Waals surface area (Å²) in [5.74, 6) is 0. The summed E-state index contributed by atoms with van der Waals surface area (Å²) in [7, 11) is -1.49. The highest BCUT2D eigenvalue weighted by Crippen LogP contribution is 2.32. The molecule has 4 heteroatoms. The van der Waals surface area contributed by atoms with Crippen molar-refractivity contribution in [1.29, 1.82) is 0 Å². The van der Waals surface area contributed by atoms with Gasteiger partial charge < -0.3 is 14.6 Å². The molecular formula is C24H18BNO2. The minimum atomic E-state index is -1.49. The third-order valence-corrected chi connectivity index (χ3v) is 5.23. The van der Waals surface area contributed by atoms with Crippen molar-refractivity contribution in [3.63, 3.8) is 0 Å². The zero-order chi connectivity index (χ0) is 19.1. The van der Waals surface area contributed by atoms with Crippen molar-refractivity contribution < 1.29 is 10.0 Å². The molecule has 2 N–H and O–H groups in total. The molecule has 5 aromatic rings. The highest BCUT2D eigenvalue weighted by molar-refractivity contribution is 6.59. The van der Waals surface area contributed by atoms with Crippen LogP contribution in [0.2, 0.25) is 0 Å². The molecular weight excluding hydrogens is 345 g/mol. The van der Waals surface area contributed by atoms with Crippen molar-refractivity contribution in [2.24, 2.45) is 0 Å². The number of rotatable bonds is 3. The van der Waals surface area contributed by atoms with E-state index in [4.69, 9.17) is 0 Å². The van der Waals surface area contributed by atoms with E-state index in [2.05, 4.69) is 53.1 Å². The predicted octanol–water partition coefficient (Wildman–Crippen LogP) is 4.13. The molecule has 28 heavy (non-hydrogen) atoms. The van der Waals surface area contributed by atoms with Crippen molar-refractivity contribution >= 4 is 34.4 Å². The van der Waals surface area contributed by atoms with Crippen LogP contribution in [0.15, 0.2) is 97.1 Å². The van der Waals surface area contributed by atoms with Gasteiger partial charge in [-0.15, -0.1) is 0 Å². The lowest BCUT2D eigenvalue weighted by atomic mass is 9.80. The molecule has 0 aliphatic carbocycles. The topological polar surface area (TPSA) is 45.4 Å². The molecule has 0 amide bonds. The van der Waals surface area contributed by atoms with Crippen LogP contribution >= 0.6 is 0 Å². The predicted molar refractivity (Wildman–Crippen MR) is 116 cm³/mol. The zero-order valence-electron chi connectivity index (χ0n) is 15.2. The maximum Gasteiger partial charge on any atom is 0.488 e. The second-order valence-corrected chi connectivity index (χ2v) is 6.92. The minimum absolute atomic E-state index is 0.484. The van der Waals surface area contributed by atoms with E-state index in [1.54, 1.807) is 6.07 Å². The summed E-state index contributed by atoms with van der Waals surface area (Å²) in [6, 6.07) is 32.6. The van der Waals surface area contributed by atoms with Gasteiger partial charge in [-0.25, -0.2) is 0 Å². The maximum atomic E-state index is 9.63. The third-order valence-electron chi connectivity index (χ3n) is 5.23. The standard InChI is InChI=1S/C24H18BNO2/c27-25(28)19-12-15-22-21-8-4-5-9-23(21)26(24(22)16-19)20-13-10-18(11-14-20)17-6-2-1-3-7-17/h1-16,27-28H. The molecule has 0 spiro atoms. The molecule has 0 bridgehead atoms. The largest absolute Gasteiger partial charge is 0.488 e. The summed E-state index contributed by atoms with van der Waals surface area (Å²) >= 11 is 0. The highest BCUT2D eigenvalue weighted by atomic mass is 16.4. The summed E-state index contributed by atoms with van der Waals surface area (Å²) in [6.07, 6.45) is 0. The summed E-state index contributed by atoms with van der Waals surface area (Å²) in [5, 5.41) is 21.5. The molecule has 0 saturated carbocycles. The van der Waals surface area contributed by atoms with Crippen LogP contribution in [0, 0.1) is 0 Å². The molecule has 3 nitrogen and oxygen atoms in total. The Morgan fingerprint density at radius 2 is 1.21 bits per heavy atom. The van der Waals surface area contributed by atoms with Gasteiger partial charge in [0.1, 0.15) is 0 Å². The second kappa shape index (κ2) is 6.68. The van der Waals surface area contributed by atoms with Crippen LogP contribution < -0.4 is 5.46 Å². The Morgan fingerprint density at radius 1 is 0.571 bits per heavy atom. The van der Waals surface area contributed by atoms with Crippen LogP contribution in [0.25, 0.3) is 38.6 Å². The SMILES string of the molecule is OB(O)c1ccc2c3ccccc3n(-c3ccc(-c4ccccc4)cc3)c2c1. The molecule has 1 heterocycles. The van der Waals surface area contributed by atoms with E-state index < -0.39 is 7.12 Å². The Kier molecular flexibility index (Phi) is 4.01. The molecule has 0 aliphatic heterocycles. The fourth-order valence-corrected chi connectivity index (χ4v) is 3.86. The van der Waals surface area contributed by atoms with Gasteiger partial charge in [0.05, 0.1) is 11.0 Å². The fourth-order valence-electron chi connectivity index (χ4n) is 3.86. The number of fused-ring (bicyclic) bond motifs is 3. The van der Waals surface area contributed by atoms with E-state index in [1.165, 1.54) is 5.56 Å². The molecule has 0 fully saturated rings. The maximum absolute atomic E-state index is 9.63. The van der Waals surface area contributed by atoms with Gasteiger partial charge in [-0.2, -0.15) is 0 Å². The first-order valence-electron chi connectivity index (χ1n) is 9.27. The van der Waals surface area contributed by atoms with Crippen molar-refractivity contribution in [3.8, 4) is 16.8 Å². The quantitative estimate of drug-likeness (QED) is 0.474. The first-order chi connectivity index (χ1) is 13.7. The van der Waals surface area contributed by atoms with Gasteiger partial charge in [0, 0.05) is 16.5 Å². The highest BCUT2D eigenvalue weighted by Gasteiger charge is 2.16.